The molecule has 150 valence electrons. The van der Waals surface area contributed by atoms with E-state index in [1.54, 1.807) is 0 Å². The second-order valence-corrected chi connectivity index (χ2v) is 8.91. The molecule has 3 aromatic carbocycles. The topological polar surface area (TPSA) is 29.1 Å². The minimum absolute atomic E-state index is 0.0164. The van der Waals surface area contributed by atoms with Gasteiger partial charge in [-0.25, -0.2) is 0 Å². The molecule has 0 bridgehead atoms. The summed E-state index contributed by atoms with van der Waals surface area (Å²) in [5, 5.41) is 3.22. The Morgan fingerprint density at radius 2 is 1.55 bits per heavy atom. The Morgan fingerprint density at radius 1 is 0.897 bits per heavy atom. The van der Waals surface area contributed by atoms with E-state index in [4.69, 9.17) is 0 Å². The van der Waals surface area contributed by atoms with E-state index < -0.39 is 0 Å². The van der Waals surface area contributed by atoms with Crippen LogP contribution in [0.5, 0.6) is 0 Å². The quantitative estimate of drug-likeness (QED) is 0.419. The van der Waals surface area contributed by atoms with Gasteiger partial charge in [0, 0.05) is 16.2 Å². The van der Waals surface area contributed by atoms with Crippen LogP contribution in [-0.2, 0) is 5.75 Å². The summed E-state index contributed by atoms with van der Waals surface area (Å²) in [6.45, 7) is 6.47. The summed E-state index contributed by atoms with van der Waals surface area (Å²) in [6, 6.07) is 26.8. The molecule has 0 aliphatic heterocycles. The lowest BCUT2D eigenvalue weighted by Crippen LogP contribution is -2.29. The molecule has 2 nitrogen and oxygen atoms in total. The Labute approximate surface area is 178 Å². The van der Waals surface area contributed by atoms with Crippen molar-refractivity contribution in [3.63, 3.8) is 0 Å². The molecule has 1 atom stereocenters. The van der Waals surface area contributed by atoms with Crippen molar-refractivity contribution in [2.75, 3.05) is 0 Å². The maximum Gasteiger partial charge on any atom is 0.251 e. The van der Waals surface area contributed by atoms with Gasteiger partial charge in [0.2, 0.25) is 0 Å². The molecule has 0 aromatic heterocycles. The summed E-state index contributed by atoms with van der Waals surface area (Å²) in [6.07, 6.45) is 0.918. The first-order valence-electron chi connectivity index (χ1n) is 10.2. The van der Waals surface area contributed by atoms with Crippen LogP contribution < -0.4 is 5.32 Å². The highest BCUT2D eigenvalue weighted by Gasteiger charge is 2.17. The predicted molar refractivity (Wildman–Crippen MR) is 123 cm³/mol. The maximum atomic E-state index is 12.8. The van der Waals surface area contributed by atoms with Crippen LogP contribution in [0.4, 0.5) is 0 Å². The molecule has 29 heavy (non-hydrogen) atoms. The third-order valence-corrected chi connectivity index (χ3v) is 5.94. The summed E-state index contributed by atoms with van der Waals surface area (Å²) >= 11 is 1.81. The van der Waals surface area contributed by atoms with Crippen molar-refractivity contribution in [3.05, 3.63) is 101 Å². The van der Waals surface area contributed by atoms with E-state index in [-0.39, 0.29) is 11.9 Å². The van der Waals surface area contributed by atoms with Crippen molar-refractivity contribution < 1.29 is 4.79 Å². The Hall–Kier alpha value is -2.52. The monoisotopic (exact) mass is 403 g/mol. The predicted octanol–water partition coefficient (Wildman–Crippen LogP) is 6.80. The van der Waals surface area contributed by atoms with E-state index in [9.17, 15) is 4.79 Å². The third kappa shape index (κ3) is 6.50. The zero-order valence-corrected chi connectivity index (χ0v) is 18.2. The van der Waals surface area contributed by atoms with Crippen molar-refractivity contribution in [2.45, 2.75) is 43.9 Å². The van der Waals surface area contributed by atoms with Crippen molar-refractivity contribution >= 4 is 17.7 Å². The minimum Gasteiger partial charge on any atom is -0.345 e. The number of aryl methyl sites for hydroxylation is 1. The summed E-state index contributed by atoms with van der Waals surface area (Å²) in [5.41, 5.74) is 4.35. The van der Waals surface area contributed by atoms with Crippen LogP contribution >= 0.6 is 11.8 Å². The van der Waals surface area contributed by atoms with Crippen LogP contribution in [0.2, 0.25) is 0 Å². The second kappa shape index (κ2) is 10.3. The van der Waals surface area contributed by atoms with Gasteiger partial charge in [0.25, 0.3) is 5.91 Å². The number of hydrogen-bond acceptors (Lipinski definition) is 2. The highest BCUT2D eigenvalue weighted by Crippen LogP contribution is 2.24. The number of benzene rings is 3. The van der Waals surface area contributed by atoms with Crippen LogP contribution in [0.1, 0.15) is 53.4 Å². The summed E-state index contributed by atoms with van der Waals surface area (Å²) in [7, 11) is 0. The zero-order valence-electron chi connectivity index (χ0n) is 17.4. The van der Waals surface area contributed by atoms with Gasteiger partial charge >= 0.3 is 0 Å². The number of nitrogens with one attached hydrogen (secondary N) is 1. The van der Waals surface area contributed by atoms with Gasteiger partial charge in [0.15, 0.2) is 0 Å². The molecule has 0 aliphatic rings. The molecule has 0 saturated carbocycles. The van der Waals surface area contributed by atoms with Crippen molar-refractivity contribution in [3.8, 4) is 0 Å². The normalized spacial score (nSPS) is 12.0. The molecule has 0 spiro atoms. The van der Waals surface area contributed by atoms with E-state index in [2.05, 4.69) is 74.6 Å². The number of amides is 1. The molecule has 3 rings (SSSR count). The van der Waals surface area contributed by atoms with Crippen LogP contribution in [0.3, 0.4) is 0 Å². The fourth-order valence-electron chi connectivity index (χ4n) is 3.23. The fourth-order valence-corrected chi connectivity index (χ4v) is 4.08. The van der Waals surface area contributed by atoms with Crippen LogP contribution in [0, 0.1) is 12.8 Å². The molecule has 0 radical (unpaired) electrons. The molecule has 0 aliphatic carbocycles. The SMILES string of the molecule is Cc1ccc(SCc2ccc(C(=O)N[C@H](CC(C)C)c3ccccc3)cc2)cc1. The van der Waals surface area contributed by atoms with Crippen LogP contribution in [-0.4, -0.2) is 5.91 Å². The van der Waals surface area contributed by atoms with Gasteiger partial charge in [-0.15, -0.1) is 11.8 Å². The molecule has 1 amide bonds. The van der Waals surface area contributed by atoms with E-state index in [1.807, 2.05) is 42.1 Å². The second-order valence-electron chi connectivity index (χ2n) is 7.86. The van der Waals surface area contributed by atoms with Gasteiger partial charge in [-0.3, -0.25) is 4.79 Å². The van der Waals surface area contributed by atoms with E-state index in [1.165, 1.54) is 16.0 Å². The number of hydrogen-bond donors (Lipinski definition) is 1. The van der Waals surface area contributed by atoms with Gasteiger partial charge in [0.1, 0.15) is 0 Å². The molecular formula is C26H29NOS. The first-order valence-corrected chi connectivity index (χ1v) is 11.1. The Balaban J connectivity index is 1.62. The lowest BCUT2D eigenvalue weighted by atomic mass is 9.96. The Kier molecular flexibility index (Phi) is 7.54. The van der Waals surface area contributed by atoms with E-state index in [0.29, 0.717) is 11.5 Å². The van der Waals surface area contributed by atoms with Gasteiger partial charge in [-0.1, -0.05) is 74.0 Å². The van der Waals surface area contributed by atoms with Gasteiger partial charge in [-0.05, 0) is 54.7 Å². The Bertz CT molecular complexity index is 902. The Morgan fingerprint density at radius 3 is 2.17 bits per heavy atom. The summed E-state index contributed by atoms with van der Waals surface area (Å²) in [5.74, 6) is 1.38. The maximum absolute atomic E-state index is 12.8. The molecule has 0 unspecified atom stereocenters. The first-order chi connectivity index (χ1) is 14.0. The standard InChI is InChI=1S/C26H29NOS/c1-19(2)17-25(22-7-5-4-6-8-22)27-26(28)23-13-11-21(12-14-23)18-29-24-15-9-20(3)10-16-24/h4-16,19,25H,17-18H2,1-3H3,(H,27,28)/t25-/m1/s1. The highest BCUT2D eigenvalue weighted by molar-refractivity contribution is 7.98. The lowest BCUT2D eigenvalue weighted by Gasteiger charge is -2.21. The molecule has 0 heterocycles. The smallest absolute Gasteiger partial charge is 0.251 e. The summed E-state index contributed by atoms with van der Waals surface area (Å²) in [4.78, 5) is 14.1. The fraction of sp³-hybridized carbons (Fsp3) is 0.269. The molecule has 1 N–H and O–H groups in total. The zero-order chi connectivity index (χ0) is 20.6. The molecule has 3 heteroatoms. The van der Waals surface area contributed by atoms with Gasteiger partial charge < -0.3 is 5.32 Å². The third-order valence-electron chi connectivity index (χ3n) is 4.86. The average Bonchev–Trinajstić information content (AvgIpc) is 2.73. The number of carbonyl (C=O) groups excluding carboxylic acids is 1. The lowest BCUT2D eigenvalue weighted by molar-refractivity contribution is 0.0932. The van der Waals surface area contributed by atoms with Crippen LogP contribution in [0.25, 0.3) is 0 Å². The first kappa shape index (κ1) is 21.2. The molecule has 0 fully saturated rings. The molecule has 3 aromatic rings. The number of rotatable bonds is 8. The van der Waals surface area contributed by atoms with Crippen molar-refractivity contribution in [2.24, 2.45) is 5.92 Å². The summed E-state index contributed by atoms with van der Waals surface area (Å²) < 4.78 is 0. The highest BCUT2D eigenvalue weighted by atomic mass is 32.2. The largest absolute Gasteiger partial charge is 0.345 e. The van der Waals surface area contributed by atoms with E-state index in [0.717, 1.165) is 17.7 Å². The number of carbonyl (C=O) groups is 1. The van der Waals surface area contributed by atoms with Crippen LogP contribution in [0.15, 0.2) is 83.8 Å². The number of thioether (sulfide) groups is 1. The molecule has 0 saturated heterocycles. The van der Waals surface area contributed by atoms with Gasteiger partial charge in [0.05, 0.1) is 6.04 Å². The molecular weight excluding hydrogens is 374 g/mol. The van der Waals surface area contributed by atoms with Crippen molar-refractivity contribution in [1.82, 2.24) is 5.32 Å². The van der Waals surface area contributed by atoms with Gasteiger partial charge in [-0.2, -0.15) is 0 Å². The van der Waals surface area contributed by atoms with E-state index >= 15 is 0 Å². The van der Waals surface area contributed by atoms with Crippen molar-refractivity contribution in [1.29, 1.82) is 0 Å². The minimum atomic E-state index is -0.0164. The average molecular weight is 404 g/mol.